The Hall–Kier alpha value is -2.75. The molecule has 3 aromatic heterocycles. The van der Waals surface area contributed by atoms with Crippen LogP contribution in [-0.4, -0.2) is 19.8 Å². The Labute approximate surface area is 135 Å². The summed E-state index contributed by atoms with van der Waals surface area (Å²) in [5.74, 6) is -0.124. The van der Waals surface area contributed by atoms with E-state index in [9.17, 15) is 17.6 Å². The Morgan fingerprint density at radius 2 is 1.96 bits per heavy atom. The molecular weight excluding hydrogens is 348 g/mol. The minimum Gasteiger partial charge on any atom is -0.461 e. The molecule has 0 fully saturated rings. The van der Waals surface area contributed by atoms with Gasteiger partial charge in [0, 0.05) is 5.56 Å². The average Bonchev–Trinajstić information content (AvgIpc) is 3.22. The van der Waals surface area contributed by atoms with Gasteiger partial charge in [-0.2, -0.15) is 22.8 Å². The molecule has 24 heavy (non-hydrogen) atoms. The lowest BCUT2D eigenvalue weighted by molar-refractivity contribution is -0.137. The van der Waals surface area contributed by atoms with E-state index in [-0.39, 0.29) is 16.4 Å². The predicted octanol–water partition coefficient (Wildman–Crippen LogP) is 4.27. The molecule has 1 aromatic carbocycles. The molecule has 0 bridgehead atoms. The highest BCUT2D eigenvalue weighted by molar-refractivity contribution is 7.19. The Kier molecular flexibility index (Phi) is 3.17. The van der Waals surface area contributed by atoms with Crippen LogP contribution in [0.2, 0.25) is 0 Å². The highest BCUT2D eigenvalue weighted by atomic mass is 32.1. The minimum atomic E-state index is -4.57. The van der Waals surface area contributed by atoms with Crippen LogP contribution in [0, 0.1) is 5.82 Å². The molecule has 0 saturated heterocycles. The molecular formula is C14H6F4N4OS. The molecule has 3 heterocycles. The second-order valence-corrected chi connectivity index (χ2v) is 5.75. The van der Waals surface area contributed by atoms with Crippen molar-refractivity contribution < 1.29 is 22.0 Å². The maximum absolute atomic E-state index is 14.0. The van der Waals surface area contributed by atoms with E-state index in [1.54, 1.807) is 12.1 Å². The predicted molar refractivity (Wildman–Crippen MR) is 76.8 cm³/mol. The molecule has 0 unspecified atom stereocenters. The van der Waals surface area contributed by atoms with Crippen LogP contribution in [0.5, 0.6) is 0 Å². The van der Waals surface area contributed by atoms with Crippen molar-refractivity contribution in [1.82, 2.24) is 19.8 Å². The minimum absolute atomic E-state index is 0.0660. The summed E-state index contributed by atoms with van der Waals surface area (Å²) in [5, 5.41) is 12.0. The monoisotopic (exact) mass is 354 g/mol. The highest BCUT2D eigenvalue weighted by Gasteiger charge is 2.31. The van der Waals surface area contributed by atoms with Crippen LogP contribution in [0.4, 0.5) is 17.6 Å². The molecule has 0 radical (unpaired) electrons. The molecule has 122 valence electrons. The molecule has 10 heteroatoms. The summed E-state index contributed by atoms with van der Waals surface area (Å²) in [5.41, 5.74) is -1.19. The molecule has 0 atom stereocenters. The van der Waals surface area contributed by atoms with Gasteiger partial charge in [0.25, 0.3) is 0 Å². The first kappa shape index (κ1) is 14.8. The molecule has 4 aromatic rings. The number of furan rings is 1. The van der Waals surface area contributed by atoms with E-state index in [1.165, 1.54) is 10.8 Å². The van der Waals surface area contributed by atoms with Gasteiger partial charge in [0.2, 0.25) is 10.8 Å². The summed E-state index contributed by atoms with van der Waals surface area (Å²) in [6.45, 7) is 0. The topological polar surface area (TPSA) is 56.2 Å². The number of rotatable bonds is 2. The number of nitrogens with zero attached hydrogens (tertiary/aromatic N) is 4. The second-order valence-electron chi connectivity index (χ2n) is 4.79. The van der Waals surface area contributed by atoms with E-state index in [2.05, 4.69) is 15.3 Å². The zero-order chi connectivity index (χ0) is 16.9. The van der Waals surface area contributed by atoms with E-state index in [1.807, 2.05) is 0 Å². The van der Waals surface area contributed by atoms with Crippen molar-refractivity contribution >= 4 is 16.3 Å². The number of hydrogen-bond donors (Lipinski definition) is 0. The number of benzene rings is 1. The SMILES string of the molecule is Fc1ccc(C(F)(F)F)cc1-c1nn2c(-c3ccco3)nnc2s1. The fraction of sp³-hybridized carbons (Fsp3) is 0.0714. The summed E-state index contributed by atoms with van der Waals surface area (Å²) in [4.78, 5) is 0.313. The lowest BCUT2D eigenvalue weighted by Crippen LogP contribution is -2.05. The fourth-order valence-electron chi connectivity index (χ4n) is 2.15. The summed E-state index contributed by atoms with van der Waals surface area (Å²) in [7, 11) is 0. The molecule has 0 N–H and O–H groups in total. The van der Waals surface area contributed by atoms with E-state index in [0.717, 1.165) is 23.5 Å². The Balaban J connectivity index is 1.86. The lowest BCUT2D eigenvalue weighted by Gasteiger charge is -2.08. The van der Waals surface area contributed by atoms with Gasteiger partial charge >= 0.3 is 6.18 Å². The van der Waals surface area contributed by atoms with Crippen molar-refractivity contribution in [2.24, 2.45) is 0 Å². The molecule has 0 saturated carbocycles. The van der Waals surface area contributed by atoms with Crippen molar-refractivity contribution in [2.75, 3.05) is 0 Å². The van der Waals surface area contributed by atoms with Gasteiger partial charge in [-0.3, -0.25) is 0 Å². The average molecular weight is 354 g/mol. The van der Waals surface area contributed by atoms with Crippen molar-refractivity contribution in [3.63, 3.8) is 0 Å². The van der Waals surface area contributed by atoms with Crippen LogP contribution in [0.1, 0.15) is 5.56 Å². The number of aromatic nitrogens is 4. The van der Waals surface area contributed by atoms with Gasteiger partial charge < -0.3 is 4.42 Å². The van der Waals surface area contributed by atoms with Gasteiger partial charge in [-0.05, 0) is 30.3 Å². The summed E-state index contributed by atoms with van der Waals surface area (Å²) >= 11 is 0.931. The third-order valence-corrected chi connectivity index (χ3v) is 4.19. The first-order valence-corrected chi connectivity index (χ1v) is 7.38. The number of hydrogen-bond acceptors (Lipinski definition) is 5. The molecule has 0 aliphatic heterocycles. The Morgan fingerprint density at radius 3 is 2.67 bits per heavy atom. The third kappa shape index (κ3) is 2.35. The van der Waals surface area contributed by atoms with Crippen LogP contribution in [0.25, 0.3) is 27.1 Å². The van der Waals surface area contributed by atoms with E-state index in [0.29, 0.717) is 16.8 Å². The quantitative estimate of drug-likeness (QED) is 0.505. The van der Waals surface area contributed by atoms with Crippen molar-refractivity contribution in [3.8, 4) is 22.2 Å². The Bertz CT molecular complexity index is 1020. The highest BCUT2D eigenvalue weighted by Crippen LogP contribution is 2.35. The van der Waals surface area contributed by atoms with E-state index in [4.69, 9.17) is 4.42 Å². The molecule has 0 amide bonds. The first-order valence-electron chi connectivity index (χ1n) is 6.57. The van der Waals surface area contributed by atoms with E-state index >= 15 is 0 Å². The summed E-state index contributed by atoms with van der Waals surface area (Å²) in [6.07, 6.45) is -3.13. The second kappa shape index (κ2) is 5.13. The van der Waals surface area contributed by atoms with Gasteiger partial charge in [0.1, 0.15) is 5.82 Å². The van der Waals surface area contributed by atoms with Gasteiger partial charge in [0.05, 0.1) is 11.8 Å². The first-order chi connectivity index (χ1) is 11.4. The van der Waals surface area contributed by atoms with Gasteiger partial charge in [-0.25, -0.2) is 4.39 Å². The molecule has 0 aliphatic carbocycles. The number of halogens is 4. The van der Waals surface area contributed by atoms with Crippen molar-refractivity contribution in [2.45, 2.75) is 6.18 Å². The maximum Gasteiger partial charge on any atom is 0.416 e. The zero-order valence-corrected chi connectivity index (χ0v) is 12.4. The van der Waals surface area contributed by atoms with Crippen molar-refractivity contribution in [3.05, 3.63) is 48.0 Å². The van der Waals surface area contributed by atoms with Crippen molar-refractivity contribution in [1.29, 1.82) is 0 Å². The molecule has 0 aliphatic rings. The molecule has 5 nitrogen and oxygen atoms in total. The number of alkyl halides is 3. The maximum atomic E-state index is 14.0. The van der Waals surface area contributed by atoms with Crippen LogP contribution in [0.3, 0.4) is 0 Å². The fourth-order valence-corrected chi connectivity index (χ4v) is 3.01. The van der Waals surface area contributed by atoms with E-state index < -0.39 is 17.6 Å². The number of fused-ring (bicyclic) bond motifs is 1. The van der Waals surface area contributed by atoms with Crippen LogP contribution < -0.4 is 0 Å². The van der Waals surface area contributed by atoms with Gasteiger partial charge in [-0.15, -0.1) is 10.2 Å². The zero-order valence-electron chi connectivity index (χ0n) is 11.6. The smallest absolute Gasteiger partial charge is 0.416 e. The van der Waals surface area contributed by atoms with Gasteiger partial charge in [-0.1, -0.05) is 11.3 Å². The third-order valence-electron chi connectivity index (χ3n) is 3.26. The normalized spacial score (nSPS) is 12.2. The standard InChI is InChI=1S/C14H6F4N4OS/c15-9-4-3-7(14(16,17)18)6-8(9)12-21-22-11(10-2-1-5-23-10)19-20-13(22)24-12/h1-6H. The van der Waals surface area contributed by atoms with Crippen LogP contribution >= 0.6 is 11.3 Å². The summed E-state index contributed by atoms with van der Waals surface area (Å²) < 4.78 is 59.0. The molecule has 0 spiro atoms. The lowest BCUT2D eigenvalue weighted by atomic mass is 10.1. The van der Waals surface area contributed by atoms with Crippen LogP contribution in [0.15, 0.2) is 41.0 Å². The largest absolute Gasteiger partial charge is 0.461 e. The Morgan fingerprint density at radius 1 is 1.12 bits per heavy atom. The van der Waals surface area contributed by atoms with Crippen LogP contribution in [-0.2, 0) is 6.18 Å². The summed E-state index contributed by atoms with van der Waals surface area (Å²) in [6, 6.07) is 5.48. The van der Waals surface area contributed by atoms with Gasteiger partial charge in [0.15, 0.2) is 10.8 Å². The molecule has 4 rings (SSSR count).